The van der Waals surface area contributed by atoms with Gasteiger partial charge < -0.3 is 5.32 Å². The van der Waals surface area contributed by atoms with Gasteiger partial charge in [0, 0.05) is 12.6 Å². The molecule has 0 aliphatic rings. The maximum atomic E-state index is 10.7. The van der Waals surface area contributed by atoms with E-state index in [9.17, 15) is 4.79 Å². The maximum absolute atomic E-state index is 10.7. The molecule has 0 heterocycles. The predicted molar refractivity (Wildman–Crippen MR) is 49.9 cm³/mol. The molecule has 0 unspecified atom stereocenters. The number of hydrogen-bond acceptors (Lipinski definition) is 1. The maximum Gasteiger partial charge on any atom is 0.221 e. The number of amides is 1. The van der Waals surface area contributed by atoms with Gasteiger partial charge in [0.15, 0.2) is 0 Å². The van der Waals surface area contributed by atoms with Gasteiger partial charge in [0.05, 0.1) is 0 Å². The van der Waals surface area contributed by atoms with Crippen LogP contribution in [-0.4, -0.2) is 5.91 Å². The lowest BCUT2D eigenvalue weighted by Gasteiger charge is -2.04. The minimum Gasteiger partial charge on any atom is -0.326 e. The molecule has 1 radical (unpaired) electrons. The topological polar surface area (TPSA) is 29.1 Å². The van der Waals surface area contributed by atoms with Gasteiger partial charge in [-0.05, 0) is 37.1 Å². The normalized spacial score (nSPS) is 9.58. The Morgan fingerprint density at radius 2 is 2.17 bits per heavy atom. The second-order valence-electron chi connectivity index (χ2n) is 2.82. The largest absolute Gasteiger partial charge is 0.326 e. The lowest BCUT2D eigenvalue weighted by Crippen LogP contribution is -2.05. The molecule has 0 saturated heterocycles. The zero-order valence-corrected chi connectivity index (χ0v) is 7.35. The Hall–Kier alpha value is -1.31. The van der Waals surface area contributed by atoms with E-state index in [0.717, 1.165) is 16.8 Å². The van der Waals surface area contributed by atoms with Gasteiger partial charge in [-0.2, -0.15) is 0 Å². The monoisotopic (exact) mass is 162 g/mol. The van der Waals surface area contributed by atoms with Crippen LogP contribution in [0.15, 0.2) is 18.2 Å². The number of rotatable bonds is 1. The van der Waals surface area contributed by atoms with Crippen LogP contribution in [0.2, 0.25) is 0 Å². The molecule has 63 valence electrons. The molecule has 0 bridgehead atoms. The highest BCUT2D eigenvalue weighted by atomic mass is 16.1. The van der Waals surface area contributed by atoms with Crippen molar-refractivity contribution in [3.63, 3.8) is 0 Å². The van der Waals surface area contributed by atoms with Gasteiger partial charge in [-0.15, -0.1) is 0 Å². The number of carbonyl (C=O) groups is 1. The van der Waals surface area contributed by atoms with Gasteiger partial charge in [0.1, 0.15) is 0 Å². The van der Waals surface area contributed by atoms with Crippen molar-refractivity contribution in [1.29, 1.82) is 0 Å². The van der Waals surface area contributed by atoms with Crippen LogP contribution in [0, 0.1) is 13.8 Å². The second kappa shape index (κ2) is 3.39. The number of aryl methyl sites for hydroxylation is 1. The third-order valence-corrected chi connectivity index (χ3v) is 1.66. The minimum atomic E-state index is -0.0498. The van der Waals surface area contributed by atoms with Gasteiger partial charge in [-0.1, -0.05) is 6.07 Å². The Labute approximate surface area is 72.6 Å². The van der Waals surface area contributed by atoms with E-state index in [4.69, 9.17) is 0 Å². The van der Waals surface area contributed by atoms with E-state index in [1.165, 1.54) is 6.92 Å². The number of carbonyl (C=O) groups excluding carboxylic acids is 1. The molecule has 0 atom stereocenters. The van der Waals surface area contributed by atoms with Gasteiger partial charge in [0.2, 0.25) is 5.91 Å². The fourth-order valence-electron chi connectivity index (χ4n) is 0.977. The van der Waals surface area contributed by atoms with Crippen molar-refractivity contribution < 1.29 is 4.79 Å². The first-order chi connectivity index (χ1) is 5.59. The van der Waals surface area contributed by atoms with Crippen molar-refractivity contribution in [2.45, 2.75) is 13.8 Å². The molecule has 0 aromatic heterocycles. The molecule has 1 amide bonds. The number of benzene rings is 1. The van der Waals surface area contributed by atoms with Gasteiger partial charge in [0.25, 0.3) is 0 Å². The molecule has 2 heteroatoms. The van der Waals surface area contributed by atoms with Crippen molar-refractivity contribution in [2.75, 3.05) is 5.32 Å². The summed E-state index contributed by atoms with van der Waals surface area (Å²) in [6.45, 7) is 7.29. The highest BCUT2D eigenvalue weighted by molar-refractivity contribution is 5.88. The van der Waals surface area contributed by atoms with Crippen LogP contribution in [0.4, 0.5) is 5.69 Å². The van der Waals surface area contributed by atoms with E-state index in [0.29, 0.717) is 0 Å². The Morgan fingerprint density at radius 3 is 2.67 bits per heavy atom. The van der Waals surface area contributed by atoms with Crippen LogP contribution >= 0.6 is 0 Å². The summed E-state index contributed by atoms with van der Waals surface area (Å²) < 4.78 is 0. The first-order valence-corrected chi connectivity index (χ1v) is 3.80. The smallest absolute Gasteiger partial charge is 0.221 e. The third kappa shape index (κ3) is 2.09. The average molecular weight is 162 g/mol. The van der Waals surface area contributed by atoms with Crippen molar-refractivity contribution in [1.82, 2.24) is 0 Å². The first kappa shape index (κ1) is 8.78. The van der Waals surface area contributed by atoms with E-state index in [2.05, 4.69) is 12.2 Å². The van der Waals surface area contributed by atoms with Gasteiger partial charge >= 0.3 is 0 Å². The van der Waals surface area contributed by atoms with Gasteiger partial charge in [-0.25, -0.2) is 0 Å². The van der Waals surface area contributed by atoms with Crippen LogP contribution in [0.1, 0.15) is 18.1 Å². The molecular formula is C10H12NO. The molecule has 0 aliphatic heterocycles. The van der Waals surface area contributed by atoms with E-state index in [1.54, 1.807) is 0 Å². The SMILES string of the molecule is [CH2]c1ccc(NC(C)=O)cc1C. The molecule has 0 saturated carbocycles. The average Bonchev–Trinajstić information content (AvgIpc) is 1.96. The van der Waals surface area contributed by atoms with Gasteiger partial charge in [-0.3, -0.25) is 4.79 Å². The Morgan fingerprint density at radius 1 is 1.50 bits per heavy atom. The summed E-state index contributed by atoms with van der Waals surface area (Å²) in [5, 5.41) is 2.71. The molecule has 1 aromatic carbocycles. The van der Waals surface area contributed by atoms with Crippen LogP contribution in [0.25, 0.3) is 0 Å². The number of hydrogen-bond donors (Lipinski definition) is 1. The molecule has 12 heavy (non-hydrogen) atoms. The van der Waals surface area contributed by atoms with Crippen molar-refractivity contribution >= 4 is 11.6 Å². The Kier molecular flexibility index (Phi) is 2.48. The molecule has 0 spiro atoms. The van der Waals surface area contributed by atoms with E-state index in [-0.39, 0.29) is 5.91 Å². The third-order valence-electron chi connectivity index (χ3n) is 1.66. The second-order valence-corrected chi connectivity index (χ2v) is 2.82. The van der Waals surface area contributed by atoms with E-state index < -0.39 is 0 Å². The predicted octanol–water partition coefficient (Wildman–Crippen LogP) is 2.14. The lowest BCUT2D eigenvalue weighted by atomic mass is 10.1. The highest BCUT2D eigenvalue weighted by Crippen LogP contribution is 2.13. The standard InChI is InChI=1S/C10H12NO/c1-7-4-5-10(6-8(7)2)11-9(3)12/h4-6H,1H2,2-3H3,(H,11,12). The van der Waals surface area contributed by atoms with E-state index >= 15 is 0 Å². The summed E-state index contributed by atoms with van der Waals surface area (Å²) in [7, 11) is 0. The Balaban J connectivity index is 2.89. The molecule has 1 N–H and O–H groups in total. The summed E-state index contributed by atoms with van der Waals surface area (Å²) in [4.78, 5) is 10.7. The molecule has 0 aliphatic carbocycles. The summed E-state index contributed by atoms with van der Waals surface area (Å²) >= 11 is 0. The number of nitrogens with one attached hydrogen (secondary N) is 1. The molecular weight excluding hydrogens is 150 g/mol. The molecule has 1 rings (SSSR count). The zero-order chi connectivity index (χ0) is 9.14. The van der Waals surface area contributed by atoms with Crippen molar-refractivity contribution in [2.24, 2.45) is 0 Å². The molecule has 2 nitrogen and oxygen atoms in total. The van der Waals surface area contributed by atoms with Crippen LogP contribution < -0.4 is 5.32 Å². The quantitative estimate of drug-likeness (QED) is 0.673. The number of anilines is 1. The lowest BCUT2D eigenvalue weighted by molar-refractivity contribution is -0.114. The van der Waals surface area contributed by atoms with Crippen molar-refractivity contribution in [3.05, 3.63) is 36.2 Å². The van der Waals surface area contributed by atoms with E-state index in [1.807, 2.05) is 25.1 Å². The summed E-state index contributed by atoms with van der Waals surface area (Å²) in [5.74, 6) is -0.0498. The fraction of sp³-hybridized carbons (Fsp3) is 0.200. The molecule has 1 aromatic rings. The van der Waals surface area contributed by atoms with Crippen LogP contribution in [0.3, 0.4) is 0 Å². The summed E-state index contributed by atoms with van der Waals surface area (Å²) in [5.41, 5.74) is 2.90. The molecule has 0 fully saturated rings. The van der Waals surface area contributed by atoms with Crippen molar-refractivity contribution in [3.8, 4) is 0 Å². The minimum absolute atomic E-state index is 0.0498. The fourth-order valence-corrected chi connectivity index (χ4v) is 0.977. The summed E-state index contributed by atoms with van der Waals surface area (Å²) in [6, 6.07) is 5.64. The highest BCUT2D eigenvalue weighted by Gasteiger charge is 1.96. The van der Waals surface area contributed by atoms with Crippen LogP contribution in [-0.2, 0) is 4.79 Å². The zero-order valence-electron chi connectivity index (χ0n) is 7.35. The van der Waals surface area contributed by atoms with Crippen LogP contribution in [0.5, 0.6) is 0 Å². The first-order valence-electron chi connectivity index (χ1n) is 3.80. The summed E-state index contributed by atoms with van der Waals surface area (Å²) in [6.07, 6.45) is 0. The Bertz CT molecular complexity index is 305.